The van der Waals surface area contributed by atoms with Gasteiger partial charge in [-0.05, 0) is 52.8 Å². The highest BCUT2D eigenvalue weighted by molar-refractivity contribution is 5.97. The van der Waals surface area contributed by atoms with E-state index in [4.69, 9.17) is 4.74 Å². The average Bonchev–Trinajstić information content (AvgIpc) is 3.03. The van der Waals surface area contributed by atoms with Gasteiger partial charge in [-0.1, -0.05) is 0 Å². The molecule has 0 aromatic carbocycles. The van der Waals surface area contributed by atoms with Gasteiger partial charge < -0.3 is 15.0 Å². The molecule has 1 N–H and O–H groups in total. The van der Waals surface area contributed by atoms with Crippen molar-refractivity contribution in [2.75, 3.05) is 32.0 Å². The number of pyridine rings is 1. The lowest BCUT2D eigenvalue weighted by Gasteiger charge is -2.45. The molecule has 1 aromatic heterocycles. The Bertz CT molecular complexity index is 691. The van der Waals surface area contributed by atoms with Gasteiger partial charge in [-0.25, -0.2) is 0 Å². The summed E-state index contributed by atoms with van der Waals surface area (Å²) in [5.74, 6) is -0.271. The lowest BCUT2D eigenvalue weighted by atomic mass is 9.99. The summed E-state index contributed by atoms with van der Waals surface area (Å²) >= 11 is 0. The van der Waals surface area contributed by atoms with E-state index < -0.39 is 6.10 Å². The fourth-order valence-corrected chi connectivity index (χ4v) is 3.42. The Morgan fingerprint density at radius 2 is 2.08 bits per heavy atom. The van der Waals surface area contributed by atoms with Crippen LogP contribution < -0.4 is 5.32 Å². The van der Waals surface area contributed by atoms with Gasteiger partial charge in [-0.3, -0.25) is 19.5 Å². The minimum Gasteiger partial charge on any atom is -0.365 e. The van der Waals surface area contributed by atoms with Gasteiger partial charge in [-0.2, -0.15) is 0 Å². The summed E-state index contributed by atoms with van der Waals surface area (Å²) in [6.07, 6.45) is 2.86. The second-order valence-electron chi connectivity index (χ2n) is 7.89. The van der Waals surface area contributed by atoms with E-state index in [0.29, 0.717) is 24.5 Å². The summed E-state index contributed by atoms with van der Waals surface area (Å²) in [6, 6.07) is 3.34. The number of amides is 2. The van der Waals surface area contributed by atoms with Crippen LogP contribution in [-0.2, 0) is 9.53 Å². The van der Waals surface area contributed by atoms with Crippen molar-refractivity contribution in [1.82, 2.24) is 14.8 Å². The Kier molecular flexibility index (Phi) is 5.29. The molecule has 0 bridgehead atoms. The van der Waals surface area contributed by atoms with Gasteiger partial charge in [0, 0.05) is 37.1 Å². The van der Waals surface area contributed by atoms with Crippen LogP contribution in [0.3, 0.4) is 0 Å². The zero-order valence-corrected chi connectivity index (χ0v) is 16.0. The van der Waals surface area contributed by atoms with Crippen molar-refractivity contribution < 1.29 is 14.3 Å². The van der Waals surface area contributed by atoms with E-state index in [1.54, 1.807) is 18.3 Å². The van der Waals surface area contributed by atoms with Gasteiger partial charge in [0.25, 0.3) is 11.8 Å². The summed E-state index contributed by atoms with van der Waals surface area (Å²) in [6.45, 7) is 8.36. The van der Waals surface area contributed by atoms with Gasteiger partial charge in [-0.15, -0.1) is 0 Å². The number of hydrogen-bond acceptors (Lipinski definition) is 5. The molecule has 3 rings (SSSR count). The van der Waals surface area contributed by atoms with E-state index in [1.165, 1.54) is 0 Å². The third kappa shape index (κ3) is 4.04. The van der Waals surface area contributed by atoms with Gasteiger partial charge >= 0.3 is 0 Å². The molecular weight excluding hydrogens is 332 g/mol. The molecule has 0 aliphatic carbocycles. The first kappa shape index (κ1) is 18.8. The van der Waals surface area contributed by atoms with Gasteiger partial charge in [0.05, 0.1) is 6.10 Å². The Morgan fingerprint density at radius 3 is 2.73 bits per heavy atom. The van der Waals surface area contributed by atoms with E-state index in [-0.39, 0.29) is 23.5 Å². The lowest BCUT2D eigenvalue weighted by Crippen LogP contribution is -2.58. The number of hydrogen-bond donors (Lipinski definition) is 1. The Hall–Kier alpha value is -1.99. The number of aromatic nitrogens is 1. The third-order valence-electron chi connectivity index (χ3n) is 5.37. The van der Waals surface area contributed by atoms with E-state index in [1.807, 2.05) is 11.8 Å². The monoisotopic (exact) mass is 360 g/mol. The Morgan fingerprint density at radius 1 is 1.31 bits per heavy atom. The van der Waals surface area contributed by atoms with Crippen LogP contribution in [0.25, 0.3) is 0 Å². The van der Waals surface area contributed by atoms with E-state index in [9.17, 15) is 9.59 Å². The largest absolute Gasteiger partial charge is 0.365 e. The van der Waals surface area contributed by atoms with Crippen molar-refractivity contribution in [3.63, 3.8) is 0 Å². The normalized spacial score (nSPS) is 25.9. The predicted molar refractivity (Wildman–Crippen MR) is 99.0 cm³/mol. The van der Waals surface area contributed by atoms with Crippen molar-refractivity contribution in [2.45, 2.75) is 51.4 Å². The minimum atomic E-state index is -0.421. The maximum atomic E-state index is 12.8. The van der Waals surface area contributed by atoms with Crippen molar-refractivity contribution >= 4 is 17.5 Å². The molecule has 2 atom stereocenters. The fraction of sp³-hybridized carbons (Fsp3) is 0.632. The highest BCUT2D eigenvalue weighted by Gasteiger charge is 2.34. The molecule has 2 aliphatic rings. The summed E-state index contributed by atoms with van der Waals surface area (Å²) < 4.78 is 5.59. The number of rotatable bonds is 3. The number of nitrogens with one attached hydrogen (secondary N) is 1. The van der Waals surface area contributed by atoms with Crippen molar-refractivity contribution in [2.24, 2.45) is 0 Å². The maximum absolute atomic E-state index is 12.8. The minimum absolute atomic E-state index is 0.0732. The van der Waals surface area contributed by atoms with E-state index >= 15 is 0 Å². The summed E-state index contributed by atoms with van der Waals surface area (Å²) in [5, 5.41) is 2.84. The Labute approximate surface area is 154 Å². The molecule has 2 fully saturated rings. The van der Waals surface area contributed by atoms with Crippen LogP contribution in [-0.4, -0.2) is 71.0 Å². The van der Waals surface area contributed by atoms with Crippen LogP contribution >= 0.6 is 0 Å². The summed E-state index contributed by atoms with van der Waals surface area (Å²) in [7, 11) is 2.07. The molecule has 2 unspecified atom stereocenters. The molecule has 0 saturated carbocycles. The first-order valence-electron chi connectivity index (χ1n) is 9.19. The van der Waals surface area contributed by atoms with E-state index in [2.05, 4.69) is 36.1 Å². The first-order chi connectivity index (χ1) is 12.3. The highest BCUT2D eigenvalue weighted by atomic mass is 16.5. The zero-order chi connectivity index (χ0) is 18.9. The lowest BCUT2D eigenvalue weighted by molar-refractivity contribution is -0.126. The SMILES string of the molecule is CC1CCC(C(=O)Nc2ccnc(C(=O)N3CCN(C)C(C)(C)C3)c2)O1. The zero-order valence-electron chi connectivity index (χ0n) is 16.0. The number of anilines is 1. The predicted octanol–water partition coefficient (Wildman–Crippen LogP) is 1.75. The number of carbonyl (C=O) groups is 2. The Balaban J connectivity index is 1.67. The molecule has 2 saturated heterocycles. The molecule has 142 valence electrons. The molecule has 3 heterocycles. The summed E-state index contributed by atoms with van der Waals surface area (Å²) in [5.41, 5.74) is 0.852. The topological polar surface area (TPSA) is 74.8 Å². The second kappa shape index (κ2) is 7.32. The molecule has 26 heavy (non-hydrogen) atoms. The number of piperazine rings is 1. The number of ether oxygens (including phenoxy) is 1. The van der Waals surface area contributed by atoms with Gasteiger partial charge in [0.2, 0.25) is 0 Å². The smallest absolute Gasteiger partial charge is 0.272 e. The molecule has 1 aromatic rings. The van der Waals surface area contributed by atoms with Crippen LogP contribution in [0.4, 0.5) is 5.69 Å². The van der Waals surface area contributed by atoms with Crippen molar-refractivity contribution in [3.05, 3.63) is 24.0 Å². The fourth-order valence-electron chi connectivity index (χ4n) is 3.42. The van der Waals surface area contributed by atoms with Gasteiger partial charge in [0.15, 0.2) is 0 Å². The molecule has 7 nitrogen and oxygen atoms in total. The van der Waals surface area contributed by atoms with Crippen LogP contribution in [0.15, 0.2) is 18.3 Å². The van der Waals surface area contributed by atoms with Crippen LogP contribution in [0.5, 0.6) is 0 Å². The molecule has 2 aliphatic heterocycles. The second-order valence-corrected chi connectivity index (χ2v) is 7.89. The average molecular weight is 360 g/mol. The van der Waals surface area contributed by atoms with E-state index in [0.717, 1.165) is 19.4 Å². The molecule has 7 heteroatoms. The molecule has 0 spiro atoms. The first-order valence-corrected chi connectivity index (χ1v) is 9.19. The van der Waals surface area contributed by atoms with Gasteiger partial charge in [0.1, 0.15) is 11.8 Å². The quantitative estimate of drug-likeness (QED) is 0.889. The van der Waals surface area contributed by atoms with Crippen LogP contribution in [0.1, 0.15) is 44.1 Å². The number of carbonyl (C=O) groups excluding carboxylic acids is 2. The third-order valence-corrected chi connectivity index (χ3v) is 5.37. The van der Waals surface area contributed by atoms with Crippen LogP contribution in [0.2, 0.25) is 0 Å². The molecular formula is C19H28N4O3. The standard InChI is InChI=1S/C19H28N4O3/c1-13-5-6-16(26-13)17(24)21-14-7-8-20-15(11-14)18(25)23-10-9-22(4)19(2,3)12-23/h7-8,11,13,16H,5-6,9-10,12H2,1-4H3,(H,20,21,24). The summed E-state index contributed by atoms with van der Waals surface area (Å²) in [4.78, 5) is 33.4. The number of likely N-dealkylation sites (N-methyl/N-ethyl adjacent to an activating group) is 1. The van der Waals surface area contributed by atoms with Crippen LogP contribution in [0, 0.1) is 0 Å². The maximum Gasteiger partial charge on any atom is 0.272 e. The highest BCUT2D eigenvalue weighted by Crippen LogP contribution is 2.22. The van der Waals surface area contributed by atoms with Crippen molar-refractivity contribution in [3.8, 4) is 0 Å². The van der Waals surface area contributed by atoms with Crippen molar-refractivity contribution in [1.29, 1.82) is 0 Å². The molecule has 2 amide bonds. The number of nitrogens with zero attached hydrogens (tertiary/aromatic N) is 3. The molecule has 0 radical (unpaired) electrons.